The summed E-state index contributed by atoms with van der Waals surface area (Å²) in [4.78, 5) is 10.4. The van der Waals surface area contributed by atoms with E-state index in [2.05, 4.69) is 14.1 Å². The molecule has 1 aromatic heterocycles. The summed E-state index contributed by atoms with van der Waals surface area (Å²) in [6.07, 6.45) is -5.50. The van der Waals surface area contributed by atoms with Crippen molar-refractivity contribution >= 4 is 34.1 Å². The average molecular weight is 358 g/mol. The molecule has 1 saturated heterocycles. The molecule has 2 heterocycles. The van der Waals surface area contributed by atoms with Crippen molar-refractivity contribution in [3.8, 4) is 0 Å². The highest BCUT2D eigenvalue weighted by molar-refractivity contribution is 7.00. The second kappa shape index (κ2) is 6.51. The van der Waals surface area contributed by atoms with E-state index in [1.165, 1.54) is 12.1 Å². The van der Waals surface area contributed by atoms with Gasteiger partial charge in [0.2, 0.25) is 0 Å². The van der Waals surface area contributed by atoms with E-state index in [0.717, 1.165) is 11.7 Å². The molecule has 5 atom stereocenters. The van der Waals surface area contributed by atoms with Crippen molar-refractivity contribution in [2.24, 2.45) is 0 Å². The van der Waals surface area contributed by atoms with Crippen molar-refractivity contribution in [2.75, 3.05) is 11.9 Å². The van der Waals surface area contributed by atoms with Crippen molar-refractivity contribution < 1.29 is 30.1 Å². The Labute approximate surface area is 138 Å². The number of nitrogens with zero attached hydrogens (tertiary/aromatic N) is 3. The predicted molar refractivity (Wildman–Crippen MR) is 81.5 cm³/mol. The fourth-order valence-electron chi connectivity index (χ4n) is 2.55. The van der Waals surface area contributed by atoms with Gasteiger partial charge in [-0.1, -0.05) is 0 Å². The summed E-state index contributed by atoms with van der Waals surface area (Å²) in [6, 6.07) is 1.46. The van der Waals surface area contributed by atoms with Gasteiger partial charge in [-0.25, -0.2) is 0 Å². The van der Waals surface area contributed by atoms with Crippen LogP contribution in [-0.2, 0) is 4.74 Å². The van der Waals surface area contributed by atoms with Crippen LogP contribution in [0.3, 0.4) is 0 Å². The van der Waals surface area contributed by atoms with Crippen LogP contribution < -0.4 is 5.32 Å². The molecular formula is C12H14N4O7S. The predicted octanol–water partition coefficient (Wildman–Crippen LogP) is -1.19. The van der Waals surface area contributed by atoms with Crippen LogP contribution in [0, 0.1) is 10.1 Å². The minimum Gasteiger partial charge on any atom is -0.394 e. The van der Waals surface area contributed by atoms with Gasteiger partial charge in [0.15, 0.2) is 11.8 Å². The number of aromatic nitrogens is 2. The van der Waals surface area contributed by atoms with Crippen molar-refractivity contribution in [1.29, 1.82) is 0 Å². The highest BCUT2D eigenvalue weighted by Crippen LogP contribution is 2.32. The number of hydrogen-bond acceptors (Lipinski definition) is 11. The van der Waals surface area contributed by atoms with Gasteiger partial charge in [0, 0.05) is 6.07 Å². The first kappa shape index (κ1) is 16.9. The van der Waals surface area contributed by atoms with Gasteiger partial charge < -0.3 is 30.5 Å². The summed E-state index contributed by atoms with van der Waals surface area (Å²) in [5.74, 6) is 0. The van der Waals surface area contributed by atoms with E-state index < -0.39 is 42.2 Å². The van der Waals surface area contributed by atoms with E-state index in [4.69, 9.17) is 9.84 Å². The smallest absolute Gasteiger partial charge is 0.298 e. The van der Waals surface area contributed by atoms with Gasteiger partial charge in [-0.15, -0.1) is 0 Å². The Bertz CT molecular complexity index is 756. The Balaban J connectivity index is 1.91. The molecule has 11 nitrogen and oxygen atoms in total. The number of hydrogen-bond donors (Lipinski definition) is 5. The van der Waals surface area contributed by atoms with Gasteiger partial charge in [-0.05, 0) is 6.07 Å². The zero-order valence-corrected chi connectivity index (χ0v) is 12.8. The normalized spacial score (nSPS) is 30.4. The molecule has 3 rings (SSSR count). The molecule has 0 bridgehead atoms. The lowest BCUT2D eigenvalue weighted by Gasteiger charge is -2.40. The second-order valence-corrected chi connectivity index (χ2v) is 5.78. The molecule has 0 unspecified atom stereocenters. The second-order valence-electron chi connectivity index (χ2n) is 5.25. The standard InChI is InChI=1S/C12H14N4O7S/c17-3-6-10(18)11(19)9(12(20)23-6)13-4-1-2-5(16(21)22)8-7(4)14-24-15-8/h1-2,6,9-13,17-20H,3H2/t6-,9-,10-,11-,12-/m1/s1. The third-order valence-corrected chi connectivity index (χ3v) is 4.34. The number of ether oxygens (including phenoxy) is 1. The Morgan fingerprint density at radius 3 is 2.62 bits per heavy atom. The van der Waals surface area contributed by atoms with E-state index in [-0.39, 0.29) is 22.4 Å². The number of nitrogens with one attached hydrogen (secondary N) is 1. The van der Waals surface area contributed by atoms with Crippen LogP contribution in [0.5, 0.6) is 0 Å². The van der Waals surface area contributed by atoms with E-state index >= 15 is 0 Å². The van der Waals surface area contributed by atoms with E-state index in [9.17, 15) is 25.4 Å². The molecule has 24 heavy (non-hydrogen) atoms. The first-order valence-corrected chi connectivity index (χ1v) is 7.63. The summed E-state index contributed by atoms with van der Waals surface area (Å²) in [6.45, 7) is -0.570. The van der Waals surface area contributed by atoms with E-state index in [0.29, 0.717) is 0 Å². The maximum Gasteiger partial charge on any atom is 0.298 e. The Hall–Kier alpha value is -1.96. The van der Waals surface area contributed by atoms with E-state index in [1.54, 1.807) is 0 Å². The maximum atomic E-state index is 11.0. The molecule has 0 saturated carbocycles. The lowest BCUT2D eigenvalue weighted by Crippen LogP contribution is -2.61. The van der Waals surface area contributed by atoms with Crippen LogP contribution in [0.15, 0.2) is 12.1 Å². The molecule has 0 spiro atoms. The minimum absolute atomic E-state index is 0.0736. The topological polar surface area (TPSA) is 171 Å². The summed E-state index contributed by atoms with van der Waals surface area (Å²) < 4.78 is 12.9. The number of rotatable bonds is 4. The number of benzene rings is 1. The first-order valence-electron chi connectivity index (χ1n) is 6.90. The van der Waals surface area contributed by atoms with Gasteiger partial charge in [-0.2, -0.15) is 8.75 Å². The third kappa shape index (κ3) is 2.79. The van der Waals surface area contributed by atoms with E-state index in [1.807, 2.05) is 0 Å². The largest absolute Gasteiger partial charge is 0.394 e. The highest BCUT2D eigenvalue weighted by Gasteiger charge is 2.43. The van der Waals surface area contributed by atoms with Crippen LogP contribution in [-0.4, -0.2) is 71.3 Å². The molecule has 1 aliphatic rings. The average Bonchev–Trinajstić information content (AvgIpc) is 3.04. The fraction of sp³-hybridized carbons (Fsp3) is 0.500. The summed E-state index contributed by atoms with van der Waals surface area (Å²) in [7, 11) is 0. The fourth-order valence-corrected chi connectivity index (χ4v) is 3.12. The van der Waals surface area contributed by atoms with Crippen molar-refractivity contribution in [2.45, 2.75) is 30.6 Å². The number of nitro groups is 1. The van der Waals surface area contributed by atoms with Crippen LogP contribution in [0.1, 0.15) is 0 Å². The number of non-ortho nitro benzene ring substituents is 1. The van der Waals surface area contributed by atoms with Gasteiger partial charge in [0.1, 0.15) is 29.9 Å². The summed E-state index contributed by atoms with van der Waals surface area (Å²) in [5.41, 5.74) is 0.341. The molecule has 0 amide bonds. The first-order chi connectivity index (χ1) is 11.4. The molecule has 0 radical (unpaired) electrons. The van der Waals surface area contributed by atoms with Crippen molar-refractivity contribution in [3.63, 3.8) is 0 Å². The number of nitro benzene ring substituents is 1. The van der Waals surface area contributed by atoms with Crippen LogP contribution in [0.2, 0.25) is 0 Å². The van der Waals surface area contributed by atoms with Gasteiger partial charge in [0.25, 0.3) is 5.69 Å². The Morgan fingerprint density at radius 1 is 1.25 bits per heavy atom. The SMILES string of the molecule is O=[N+]([O-])c1ccc(N[C@@H]2[C@@H](O)[C@H](O)[C@@H](CO)O[C@H]2O)c2nsnc12. The quantitative estimate of drug-likeness (QED) is 0.330. The number of fused-ring (bicyclic) bond motifs is 1. The van der Waals surface area contributed by atoms with Gasteiger partial charge in [-0.3, -0.25) is 10.1 Å². The molecule has 2 aromatic rings. The lowest BCUT2D eigenvalue weighted by atomic mass is 9.96. The molecule has 12 heteroatoms. The summed E-state index contributed by atoms with van der Waals surface area (Å²) in [5, 5.41) is 52.8. The third-order valence-electron chi connectivity index (χ3n) is 3.81. The summed E-state index contributed by atoms with van der Waals surface area (Å²) >= 11 is 0.784. The monoisotopic (exact) mass is 358 g/mol. The Kier molecular flexibility index (Phi) is 4.58. The zero-order chi connectivity index (χ0) is 17.4. The molecule has 5 N–H and O–H groups in total. The molecular weight excluding hydrogens is 344 g/mol. The lowest BCUT2D eigenvalue weighted by molar-refractivity contribution is -0.383. The highest BCUT2D eigenvalue weighted by atomic mass is 32.1. The number of aliphatic hydroxyl groups is 4. The maximum absolute atomic E-state index is 11.0. The van der Waals surface area contributed by atoms with Gasteiger partial charge in [0.05, 0.1) is 28.9 Å². The molecule has 1 fully saturated rings. The van der Waals surface area contributed by atoms with Crippen molar-refractivity contribution in [3.05, 3.63) is 22.2 Å². The minimum atomic E-state index is -1.52. The zero-order valence-electron chi connectivity index (χ0n) is 12.0. The van der Waals surface area contributed by atoms with Crippen LogP contribution in [0.4, 0.5) is 11.4 Å². The molecule has 0 aliphatic carbocycles. The number of aliphatic hydroxyl groups excluding tert-OH is 4. The molecule has 130 valence electrons. The van der Waals surface area contributed by atoms with Crippen LogP contribution >= 0.6 is 11.7 Å². The molecule has 1 aromatic carbocycles. The van der Waals surface area contributed by atoms with Crippen molar-refractivity contribution in [1.82, 2.24) is 8.75 Å². The Morgan fingerprint density at radius 2 is 1.96 bits per heavy atom. The van der Waals surface area contributed by atoms with Crippen LogP contribution in [0.25, 0.3) is 11.0 Å². The van der Waals surface area contributed by atoms with Gasteiger partial charge >= 0.3 is 0 Å². The molecule has 1 aliphatic heterocycles. The number of anilines is 1.